The van der Waals surface area contributed by atoms with Crippen LogP contribution in [0.4, 0.5) is 10.1 Å². The van der Waals surface area contributed by atoms with Crippen LogP contribution in [0.1, 0.15) is 24.2 Å². The second-order valence-electron chi connectivity index (χ2n) is 4.30. The van der Waals surface area contributed by atoms with Gasteiger partial charge in [-0.15, -0.1) is 0 Å². The highest BCUT2D eigenvalue weighted by Gasteiger charge is 2.21. The van der Waals surface area contributed by atoms with Crippen molar-refractivity contribution in [2.45, 2.75) is 13.8 Å². The molecule has 0 fully saturated rings. The van der Waals surface area contributed by atoms with Gasteiger partial charge in [0.2, 0.25) is 0 Å². The summed E-state index contributed by atoms with van der Waals surface area (Å²) >= 11 is 0. The summed E-state index contributed by atoms with van der Waals surface area (Å²) in [6.07, 6.45) is 0. The maximum atomic E-state index is 13.8. The molecule has 0 aliphatic rings. The van der Waals surface area contributed by atoms with Gasteiger partial charge in [-0.25, -0.2) is 4.39 Å². The van der Waals surface area contributed by atoms with E-state index in [0.717, 1.165) is 18.2 Å². The van der Waals surface area contributed by atoms with Crippen LogP contribution in [0.2, 0.25) is 0 Å². The summed E-state index contributed by atoms with van der Waals surface area (Å²) in [5.74, 6) is -1.89. The molecular weight excluding hydrogens is 265 g/mol. The topological polar surface area (TPSA) is 87.2 Å². The molecule has 0 aliphatic heterocycles. The van der Waals surface area contributed by atoms with E-state index < -0.39 is 22.3 Å². The van der Waals surface area contributed by atoms with E-state index in [1.807, 2.05) is 6.07 Å². The molecule has 0 radical (unpaired) electrons. The number of carbonyl (C=O) groups is 1. The Labute approximate surface area is 115 Å². The number of amides is 1. The van der Waals surface area contributed by atoms with Gasteiger partial charge in [0.15, 0.2) is 0 Å². The minimum absolute atomic E-state index is 0.183. The molecule has 1 unspecified atom stereocenters. The number of carbonyl (C=O) groups excluding carboxylic acids is 1. The number of hydrogen-bond acceptors (Lipinski definition) is 4. The first kappa shape index (κ1) is 15.6. The monoisotopic (exact) mass is 279 g/mol. The van der Waals surface area contributed by atoms with Crippen molar-refractivity contribution in [3.63, 3.8) is 0 Å². The molecule has 0 N–H and O–H groups in total. The van der Waals surface area contributed by atoms with E-state index in [4.69, 9.17) is 5.26 Å². The van der Waals surface area contributed by atoms with Gasteiger partial charge in [-0.1, -0.05) is 0 Å². The van der Waals surface area contributed by atoms with Gasteiger partial charge in [-0.2, -0.15) is 5.26 Å². The molecule has 20 heavy (non-hydrogen) atoms. The molecule has 1 rings (SSSR count). The summed E-state index contributed by atoms with van der Waals surface area (Å²) in [6, 6.07) is 4.89. The van der Waals surface area contributed by atoms with Crippen LogP contribution < -0.4 is 0 Å². The fraction of sp³-hybridized carbons (Fsp3) is 0.385. The second-order valence-corrected chi connectivity index (χ2v) is 4.30. The quantitative estimate of drug-likeness (QED) is 0.611. The third-order valence-electron chi connectivity index (χ3n) is 2.78. The minimum atomic E-state index is -0.938. The molecule has 0 saturated heterocycles. The minimum Gasteiger partial charge on any atom is -0.338 e. The summed E-state index contributed by atoms with van der Waals surface area (Å²) < 4.78 is 13.8. The normalized spacial score (nSPS) is 11.5. The Morgan fingerprint density at radius 2 is 2.25 bits per heavy atom. The Balaban J connectivity index is 3.01. The molecule has 0 aromatic heterocycles. The van der Waals surface area contributed by atoms with Gasteiger partial charge in [0.25, 0.3) is 11.6 Å². The standard InChI is InChI=1S/C13H14FN3O3/c1-3-16(8-9(2)7-15)13(18)11-5-4-10(17(19)20)6-12(11)14/h4-6,9H,3,8H2,1-2H3. The maximum Gasteiger partial charge on any atom is 0.272 e. The lowest BCUT2D eigenvalue weighted by atomic mass is 10.1. The van der Waals surface area contributed by atoms with Gasteiger partial charge in [0.05, 0.1) is 28.5 Å². The Kier molecular flexibility index (Phi) is 5.15. The molecule has 0 spiro atoms. The van der Waals surface area contributed by atoms with Crippen molar-refractivity contribution in [2.24, 2.45) is 5.92 Å². The summed E-state index contributed by atoms with van der Waals surface area (Å²) in [5.41, 5.74) is -0.643. The Bertz CT molecular complexity index is 568. The third kappa shape index (κ3) is 3.51. The van der Waals surface area contributed by atoms with Crippen LogP contribution in [-0.4, -0.2) is 28.8 Å². The molecule has 1 amide bonds. The van der Waals surface area contributed by atoms with Crippen molar-refractivity contribution in [1.29, 1.82) is 5.26 Å². The zero-order valence-corrected chi connectivity index (χ0v) is 11.2. The van der Waals surface area contributed by atoms with Crippen molar-refractivity contribution < 1.29 is 14.1 Å². The van der Waals surface area contributed by atoms with Gasteiger partial charge in [0.1, 0.15) is 5.82 Å². The van der Waals surface area contributed by atoms with E-state index in [9.17, 15) is 19.3 Å². The lowest BCUT2D eigenvalue weighted by Crippen LogP contribution is -2.34. The first-order valence-electron chi connectivity index (χ1n) is 6.03. The summed E-state index contributed by atoms with van der Waals surface area (Å²) in [4.78, 5) is 23.3. The maximum absolute atomic E-state index is 13.8. The zero-order valence-electron chi connectivity index (χ0n) is 11.2. The van der Waals surface area contributed by atoms with Gasteiger partial charge in [-0.3, -0.25) is 14.9 Å². The van der Waals surface area contributed by atoms with E-state index >= 15 is 0 Å². The summed E-state index contributed by atoms with van der Waals surface area (Å²) in [7, 11) is 0. The highest BCUT2D eigenvalue weighted by molar-refractivity contribution is 5.94. The fourth-order valence-electron chi connectivity index (χ4n) is 1.69. The number of nitrogens with zero attached hydrogens (tertiary/aromatic N) is 3. The van der Waals surface area contributed by atoms with Crippen LogP contribution in [0.25, 0.3) is 0 Å². The van der Waals surface area contributed by atoms with E-state index in [2.05, 4.69) is 0 Å². The summed E-state index contributed by atoms with van der Waals surface area (Å²) in [6.45, 7) is 3.87. The first-order chi connectivity index (χ1) is 9.40. The van der Waals surface area contributed by atoms with Crippen LogP contribution in [0.5, 0.6) is 0 Å². The van der Waals surface area contributed by atoms with Crippen LogP contribution >= 0.6 is 0 Å². The SMILES string of the molecule is CCN(CC(C)C#N)C(=O)c1ccc([N+](=O)[O-])cc1F. The molecule has 7 heteroatoms. The smallest absolute Gasteiger partial charge is 0.272 e. The lowest BCUT2D eigenvalue weighted by Gasteiger charge is -2.22. The zero-order chi connectivity index (χ0) is 15.3. The molecule has 106 valence electrons. The summed E-state index contributed by atoms with van der Waals surface area (Å²) in [5, 5.41) is 19.3. The van der Waals surface area contributed by atoms with Gasteiger partial charge in [-0.05, 0) is 19.9 Å². The fourth-order valence-corrected chi connectivity index (χ4v) is 1.69. The van der Waals surface area contributed by atoms with Crippen LogP contribution in [0, 0.1) is 33.2 Å². The number of halogens is 1. The Hall–Kier alpha value is -2.49. The largest absolute Gasteiger partial charge is 0.338 e. The highest BCUT2D eigenvalue weighted by atomic mass is 19.1. The van der Waals surface area contributed by atoms with Crippen LogP contribution in [0.15, 0.2) is 18.2 Å². The molecule has 0 heterocycles. The van der Waals surface area contributed by atoms with Crippen LogP contribution in [-0.2, 0) is 0 Å². The number of nitro benzene ring substituents is 1. The number of nitro groups is 1. The van der Waals surface area contributed by atoms with Crippen LogP contribution in [0.3, 0.4) is 0 Å². The molecule has 1 atom stereocenters. The predicted molar refractivity (Wildman–Crippen MR) is 69.4 cm³/mol. The molecule has 6 nitrogen and oxygen atoms in total. The van der Waals surface area contributed by atoms with E-state index in [0.29, 0.717) is 6.54 Å². The molecule has 1 aromatic rings. The average molecular weight is 279 g/mol. The molecule has 1 aromatic carbocycles. The number of hydrogen-bond donors (Lipinski definition) is 0. The van der Waals surface area contributed by atoms with Gasteiger partial charge in [0, 0.05) is 19.2 Å². The number of rotatable bonds is 5. The predicted octanol–water partition coefficient (Wildman–Crippen LogP) is 2.36. The van der Waals surface area contributed by atoms with Gasteiger partial charge < -0.3 is 4.90 Å². The first-order valence-corrected chi connectivity index (χ1v) is 6.03. The van der Waals surface area contributed by atoms with Gasteiger partial charge >= 0.3 is 0 Å². The van der Waals surface area contributed by atoms with E-state index in [1.54, 1.807) is 13.8 Å². The van der Waals surface area contributed by atoms with Crippen molar-refractivity contribution in [1.82, 2.24) is 4.90 Å². The van der Waals surface area contributed by atoms with Crippen molar-refractivity contribution in [3.05, 3.63) is 39.7 Å². The number of nitriles is 1. The second kappa shape index (κ2) is 6.61. The van der Waals surface area contributed by atoms with Crippen molar-refractivity contribution in [2.75, 3.05) is 13.1 Å². The number of non-ortho nitro benzene ring substituents is 1. The van der Waals surface area contributed by atoms with E-state index in [1.165, 1.54) is 4.90 Å². The van der Waals surface area contributed by atoms with Crippen molar-refractivity contribution >= 4 is 11.6 Å². The lowest BCUT2D eigenvalue weighted by molar-refractivity contribution is -0.385. The Morgan fingerprint density at radius 3 is 2.70 bits per heavy atom. The average Bonchev–Trinajstić information content (AvgIpc) is 2.43. The number of benzene rings is 1. The highest BCUT2D eigenvalue weighted by Crippen LogP contribution is 2.18. The molecular formula is C13H14FN3O3. The molecule has 0 bridgehead atoms. The molecule has 0 aliphatic carbocycles. The third-order valence-corrected chi connectivity index (χ3v) is 2.78. The Morgan fingerprint density at radius 1 is 1.60 bits per heavy atom. The van der Waals surface area contributed by atoms with Crippen molar-refractivity contribution in [3.8, 4) is 6.07 Å². The van der Waals surface area contributed by atoms with E-state index in [-0.39, 0.29) is 18.0 Å². The molecule has 0 saturated carbocycles.